The molecule has 0 unspecified atom stereocenters. The largest absolute Gasteiger partial charge is 0.423 e. The Kier molecular flexibility index (Phi) is 5.79. The molecule has 0 spiro atoms. The molecule has 0 aromatic heterocycles. The third-order valence-electron chi connectivity index (χ3n) is 4.32. The van der Waals surface area contributed by atoms with E-state index in [9.17, 15) is 18.0 Å². The number of nitrogens with zero attached hydrogens (tertiary/aromatic N) is 1. The van der Waals surface area contributed by atoms with Gasteiger partial charge in [0.05, 0.1) is 16.1 Å². The van der Waals surface area contributed by atoms with E-state index in [-0.39, 0.29) is 22.0 Å². The third-order valence-corrected chi connectivity index (χ3v) is 6.12. The minimum Gasteiger partial charge on any atom is -0.423 e. The lowest BCUT2D eigenvalue weighted by Gasteiger charge is -2.19. The zero-order valence-corrected chi connectivity index (χ0v) is 16.7. The monoisotopic (exact) mass is 409 g/mol. The van der Waals surface area contributed by atoms with Gasteiger partial charge in [-0.05, 0) is 55.5 Å². The Morgan fingerprint density at radius 2 is 1.48 bits per heavy atom. The highest BCUT2D eigenvalue weighted by atomic mass is 32.2. The third kappa shape index (κ3) is 4.52. The summed E-state index contributed by atoms with van der Waals surface area (Å²) >= 11 is 0. The molecule has 0 bridgehead atoms. The number of sulfonamides is 1. The van der Waals surface area contributed by atoms with Crippen LogP contribution in [0.1, 0.15) is 27.6 Å². The predicted octanol–water partition coefficient (Wildman–Crippen LogP) is 3.93. The van der Waals surface area contributed by atoms with Gasteiger partial charge in [0.1, 0.15) is 5.75 Å². The minimum absolute atomic E-state index is 0.0546. The van der Waals surface area contributed by atoms with Gasteiger partial charge in [0, 0.05) is 12.6 Å². The first-order valence-electron chi connectivity index (χ1n) is 8.76. The SMILES string of the molecule is CC(=O)c1cccc(OC(=O)c2ccc(S(=O)(=O)N(C)c3ccccc3)cc2)c1. The number of para-hydroxylation sites is 1. The van der Waals surface area contributed by atoms with Gasteiger partial charge < -0.3 is 4.74 Å². The molecular weight excluding hydrogens is 390 g/mol. The lowest BCUT2D eigenvalue weighted by atomic mass is 10.1. The Morgan fingerprint density at radius 3 is 2.10 bits per heavy atom. The number of carbonyl (C=O) groups is 2. The quantitative estimate of drug-likeness (QED) is 0.350. The Labute approximate surface area is 169 Å². The van der Waals surface area contributed by atoms with Crippen molar-refractivity contribution in [1.82, 2.24) is 0 Å². The first kappa shape index (κ1) is 20.3. The number of benzene rings is 3. The highest BCUT2D eigenvalue weighted by Gasteiger charge is 2.21. The molecule has 0 aliphatic rings. The molecule has 148 valence electrons. The van der Waals surface area contributed by atoms with Crippen LogP contribution in [0.5, 0.6) is 5.75 Å². The summed E-state index contributed by atoms with van der Waals surface area (Å²) in [6.45, 7) is 1.42. The maximum atomic E-state index is 12.8. The van der Waals surface area contributed by atoms with Gasteiger partial charge in [-0.2, -0.15) is 0 Å². The molecule has 0 atom stereocenters. The summed E-state index contributed by atoms with van der Waals surface area (Å²) in [5.74, 6) is -0.547. The molecular formula is C22H19NO5S. The van der Waals surface area contributed by atoms with E-state index in [1.54, 1.807) is 48.5 Å². The second-order valence-electron chi connectivity index (χ2n) is 6.31. The number of anilines is 1. The van der Waals surface area contributed by atoms with E-state index in [4.69, 9.17) is 4.74 Å². The van der Waals surface area contributed by atoms with Crippen LogP contribution in [0.4, 0.5) is 5.69 Å². The standard InChI is InChI=1S/C22H19NO5S/c1-16(24)18-7-6-10-20(15-18)28-22(25)17-11-13-21(14-12-17)29(26,27)23(2)19-8-4-3-5-9-19/h3-15H,1-2H3. The predicted molar refractivity (Wildman–Crippen MR) is 110 cm³/mol. The van der Waals surface area contributed by atoms with E-state index < -0.39 is 16.0 Å². The average molecular weight is 409 g/mol. The van der Waals surface area contributed by atoms with E-state index in [2.05, 4.69) is 0 Å². The second-order valence-corrected chi connectivity index (χ2v) is 8.28. The van der Waals surface area contributed by atoms with Gasteiger partial charge in [-0.3, -0.25) is 9.10 Å². The molecule has 0 aliphatic heterocycles. The van der Waals surface area contributed by atoms with Gasteiger partial charge in [-0.1, -0.05) is 30.3 Å². The molecule has 3 rings (SSSR count). The molecule has 0 aliphatic carbocycles. The fraction of sp³-hybridized carbons (Fsp3) is 0.0909. The number of hydrogen-bond acceptors (Lipinski definition) is 5. The van der Waals surface area contributed by atoms with E-state index in [0.29, 0.717) is 11.3 Å². The maximum absolute atomic E-state index is 12.8. The number of ketones is 1. The van der Waals surface area contributed by atoms with Crippen LogP contribution in [-0.4, -0.2) is 27.2 Å². The molecule has 3 aromatic rings. The number of Topliss-reactive ketones (excluding diaryl/α,β-unsaturated/α-hetero) is 1. The molecule has 0 amide bonds. The van der Waals surface area contributed by atoms with Gasteiger partial charge in [-0.25, -0.2) is 13.2 Å². The van der Waals surface area contributed by atoms with Gasteiger partial charge in [0.25, 0.3) is 10.0 Å². The highest BCUT2D eigenvalue weighted by molar-refractivity contribution is 7.92. The average Bonchev–Trinajstić information content (AvgIpc) is 2.74. The Balaban J connectivity index is 1.78. The van der Waals surface area contributed by atoms with Crippen molar-refractivity contribution in [3.8, 4) is 5.75 Å². The second kappa shape index (κ2) is 8.28. The van der Waals surface area contributed by atoms with E-state index in [0.717, 1.165) is 0 Å². The van der Waals surface area contributed by atoms with Crippen molar-refractivity contribution in [3.05, 3.63) is 90.0 Å². The first-order valence-corrected chi connectivity index (χ1v) is 10.2. The van der Waals surface area contributed by atoms with Crippen LogP contribution in [0.2, 0.25) is 0 Å². The topological polar surface area (TPSA) is 80.8 Å². The van der Waals surface area contributed by atoms with Crippen LogP contribution in [0.15, 0.2) is 83.8 Å². The van der Waals surface area contributed by atoms with Crippen LogP contribution >= 0.6 is 0 Å². The Bertz CT molecular complexity index is 1140. The summed E-state index contributed by atoms with van der Waals surface area (Å²) in [4.78, 5) is 23.8. The van der Waals surface area contributed by atoms with Crippen LogP contribution in [0, 0.1) is 0 Å². The van der Waals surface area contributed by atoms with Gasteiger partial charge in [0.15, 0.2) is 5.78 Å². The zero-order chi connectivity index (χ0) is 21.0. The molecule has 0 saturated heterocycles. The van der Waals surface area contributed by atoms with E-state index >= 15 is 0 Å². The van der Waals surface area contributed by atoms with Crippen LogP contribution in [-0.2, 0) is 10.0 Å². The van der Waals surface area contributed by atoms with Gasteiger partial charge in [-0.15, -0.1) is 0 Å². The normalized spacial score (nSPS) is 11.0. The van der Waals surface area contributed by atoms with Crippen molar-refractivity contribution < 1.29 is 22.7 Å². The number of esters is 1. The van der Waals surface area contributed by atoms with E-state index in [1.807, 2.05) is 0 Å². The molecule has 0 N–H and O–H groups in total. The van der Waals surface area contributed by atoms with Gasteiger partial charge >= 0.3 is 5.97 Å². The van der Waals surface area contributed by atoms with Crippen molar-refractivity contribution >= 4 is 27.5 Å². The van der Waals surface area contributed by atoms with Gasteiger partial charge in [0.2, 0.25) is 0 Å². The molecule has 0 radical (unpaired) electrons. The van der Waals surface area contributed by atoms with Crippen molar-refractivity contribution in [1.29, 1.82) is 0 Å². The molecule has 0 heterocycles. The lowest BCUT2D eigenvalue weighted by Crippen LogP contribution is -2.26. The minimum atomic E-state index is -3.76. The highest BCUT2D eigenvalue weighted by Crippen LogP contribution is 2.22. The summed E-state index contributed by atoms with van der Waals surface area (Å²) in [5, 5.41) is 0. The Hall–Kier alpha value is -3.45. The van der Waals surface area contributed by atoms with Crippen LogP contribution in [0.3, 0.4) is 0 Å². The fourth-order valence-corrected chi connectivity index (χ4v) is 3.84. The van der Waals surface area contributed by atoms with Crippen LogP contribution < -0.4 is 9.04 Å². The molecule has 6 nitrogen and oxygen atoms in total. The van der Waals surface area contributed by atoms with Crippen LogP contribution in [0.25, 0.3) is 0 Å². The molecule has 0 saturated carbocycles. The lowest BCUT2D eigenvalue weighted by molar-refractivity contribution is 0.0733. The zero-order valence-electron chi connectivity index (χ0n) is 15.9. The number of hydrogen-bond donors (Lipinski definition) is 0. The van der Waals surface area contributed by atoms with Crippen molar-refractivity contribution in [2.24, 2.45) is 0 Å². The first-order chi connectivity index (χ1) is 13.8. The molecule has 29 heavy (non-hydrogen) atoms. The summed E-state index contributed by atoms with van der Waals surface area (Å²) in [7, 11) is -2.30. The molecule has 7 heteroatoms. The van der Waals surface area contributed by atoms with Crippen molar-refractivity contribution in [2.75, 3.05) is 11.4 Å². The number of carbonyl (C=O) groups excluding carboxylic acids is 2. The fourth-order valence-electron chi connectivity index (χ4n) is 2.64. The summed E-state index contributed by atoms with van der Waals surface area (Å²) in [6, 6.07) is 20.5. The number of rotatable bonds is 6. The van der Waals surface area contributed by atoms with Crippen molar-refractivity contribution in [2.45, 2.75) is 11.8 Å². The maximum Gasteiger partial charge on any atom is 0.343 e. The smallest absolute Gasteiger partial charge is 0.343 e. The molecule has 0 fully saturated rings. The summed E-state index contributed by atoms with van der Waals surface area (Å²) in [6.07, 6.45) is 0. The molecule has 3 aromatic carbocycles. The van der Waals surface area contributed by atoms with Crippen molar-refractivity contribution in [3.63, 3.8) is 0 Å². The Morgan fingerprint density at radius 1 is 0.828 bits per heavy atom. The number of ether oxygens (including phenoxy) is 1. The summed E-state index contributed by atoms with van der Waals surface area (Å²) < 4.78 is 32.0. The van der Waals surface area contributed by atoms with E-state index in [1.165, 1.54) is 48.6 Å². The summed E-state index contributed by atoms with van der Waals surface area (Å²) in [5.41, 5.74) is 1.15.